The standard InChI is InChI=1S/C12H14O2S.C11H17NO2/c1-5-8-6(10(15-5)11(13)14)4-7-9(8)12(7,2)3;1-8-5-10(7-12)6-9(2)11(8)14-4-3-13/h7,9H,4H2,1-3H3,(H,13,14);5-6,13H,3-4,7,12H2,1-2H3/t7-,9-;/m1./s1. The zero-order valence-corrected chi connectivity index (χ0v) is 18.7. The zero-order chi connectivity index (χ0) is 21.5. The highest BCUT2D eigenvalue weighted by molar-refractivity contribution is 7.14. The highest BCUT2D eigenvalue weighted by atomic mass is 32.1. The molecule has 0 amide bonds. The van der Waals surface area contributed by atoms with Gasteiger partial charge in [-0.2, -0.15) is 0 Å². The summed E-state index contributed by atoms with van der Waals surface area (Å²) in [6.07, 6.45) is 0.985. The minimum atomic E-state index is -0.747. The van der Waals surface area contributed by atoms with Crippen LogP contribution in [-0.4, -0.2) is 29.4 Å². The molecule has 1 saturated carbocycles. The number of benzene rings is 1. The van der Waals surface area contributed by atoms with Crippen molar-refractivity contribution < 1.29 is 19.7 Å². The molecule has 4 N–H and O–H groups in total. The molecular weight excluding hydrogens is 386 g/mol. The van der Waals surface area contributed by atoms with Crippen molar-refractivity contribution in [3.05, 3.63) is 49.7 Å². The molecule has 1 aromatic heterocycles. The maximum atomic E-state index is 11.1. The summed E-state index contributed by atoms with van der Waals surface area (Å²) < 4.78 is 5.43. The van der Waals surface area contributed by atoms with Crippen molar-refractivity contribution >= 4 is 17.3 Å². The fourth-order valence-electron chi connectivity index (χ4n) is 4.84. The Hall–Kier alpha value is -1.89. The summed E-state index contributed by atoms with van der Waals surface area (Å²) in [5, 5.41) is 17.8. The molecule has 0 unspecified atom stereocenters. The van der Waals surface area contributed by atoms with Crippen LogP contribution in [0.1, 0.15) is 62.1 Å². The largest absolute Gasteiger partial charge is 0.491 e. The lowest BCUT2D eigenvalue weighted by Gasteiger charge is -2.12. The van der Waals surface area contributed by atoms with Crippen LogP contribution in [0.15, 0.2) is 12.1 Å². The van der Waals surface area contributed by atoms with Gasteiger partial charge in [-0.1, -0.05) is 26.0 Å². The lowest BCUT2D eigenvalue weighted by Crippen LogP contribution is -2.05. The molecule has 0 spiro atoms. The second-order valence-electron chi connectivity index (χ2n) is 8.63. The minimum Gasteiger partial charge on any atom is -0.491 e. The molecule has 29 heavy (non-hydrogen) atoms. The molecule has 158 valence electrons. The van der Waals surface area contributed by atoms with Gasteiger partial charge in [0.05, 0.1) is 6.61 Å². The Bertz CT molecular complexity index is 908. The lowest BCUT2D eigenvalue weighted by atomic mass is 9.95. The van der Waals surface area contributed by atoms with Gasteiger partial charge in [0.2, 0.25) is 0 Å². The smallest absolute Gasteiger partial charge is 0.346 e. The number of fused-ring (bicyclic) bond motifs is 3. The van der Waals surface area contributed by atoms with Crippen molar-refractivity contribution in [1.29, 1.82) is 0 Å². The number of thiophene rings is 1. The van der Waals surface area contributed by atoms with E-state index in [0.717, 1.165) is 34.4 Å². The number of carbonyl (C=O) groups is 1. The van der Waals surface area contributed by atoms with E-state index in [9.17, 15) is 4.79 Å². The lowest BCUT2D eigenvalue weighted by molar-refractivity contribution is 0.0701. The highest BCUT2D eigenvalue weighted by Crippen LogP contribution is 2.71. The predicted octanol–water partition coefficient (Wildman–Crippen LogP) is 4.18. The maximum absolute atomic E-state index is 11.1. The molecule has 1 aromatic carbocycles. The molecule has 2 aromatic rings. The third kappa shape index (κ3) is 3.93. The number of nitrogens with two attached hydrogens (primary N) is 1. The van der Waals surface area contributed by atoms with Gasteiger partial charge >= 0.3 is 5.97 Å². The Balaban J connectivity index is 0.000000166. The van der Waals surface area contributed by atoms with E-state index in [4.69, 9.17) is 20.7 Å². The van der Waals surface area contributed by atoms with Crippen molar-refractivity contribution in [2.75, 3.05) is 13.2 Å². The summed E-state index contributed by atoms with van der Waals surface area (Å²) >= 11 is 1.46. The Kier molecular flexibility index (Phi) is 6.08. The van der Waals surface area contributed by atoms with Crippen LogP contribution in [0.3, 0.4) is 0 Å². The SMILES string of the molecule is Cc1cc(CN)cc(C)c1OCCO.Cc1sc(C(=O)O)c2c1[C@H]1[C@@H](C2)C1(C)C. The predicted molar refractivity (Wildman–Crippen MR) is 116 cm³/mol. The Morgan fingerprint density at radius 2 is 1.90 bits per heavy atom. The molecule has 0 radical (unpaired) electrons. The fraction of sp³-hybridized carbons (Fsp3) is 0.522. The molecule has 1 fully saturated rings. The van der Waals surface area contributed by atoms with Crippen molar-refractivity contribution in [2.24, 2.45) is 17.1 Å². The normalized spacial score (nSPS) is 20.4. The minimum absolute atomic E-state index is 0.0392. The van der Waals surface area contributed by atoms with Crippen LogP contribution in [0.2, 0.25) is 0 Å². The number of aliphatic hydroxyl groups is 1. The van der Waals surface area contributed by atoms with Gasteiger partial charge in [0, 0.05) is 11.4 Å². The Morgan fingerprint density at radius 3 is 2.41 bits per heavy atom. The summed E-state index contributed by atoms with van der Waals surface area (Å²) in [4.78, 5) is 12.9. The van der Waals surface area contributed by atoms with Gasteiger partial charge < -0.3 is 20.7 Å². The molecular formula is C23H31NO4S. The summed E-state index contributed by atoms with van der Waals surface area (Å²) in [7, 11) is 0. The first-order chi connectivity index (χ1) is 13.6. The third-order valence-electron chi connectivity index (χ3n) is 6.31. The van der Waals surface area contributed by atoms with E-state index < -0.39 is 5.97 Å². The highest BCUT2D eigenvalue weighted by Gasteiger charge is 2.63. The quantitative estimate of drug-likeness (QED) is 0.678. The van der Waals surface area contributed by atoms with Crippen molar-refractivity contribution in [2.45, 2.75) is 53.5 Å². The van der Waals surface area contributed by atoms with E-state index in [0.29, 0.717) is 35.3 Å². The first-order valence-electron chi connectivity index (χ1n) is 10.0. The molecule has 4 rings (SSSR count). The van der Waals surface area contributed by atoms with Crippen molar-refractivity contribution in [1.82, 2.24) is 0 Å². The number of carboxylic acid groups (broad SMARTS) is 1. The first kappa shape index (κ1) is 21.8. The van der Waals surface area contributed by atoms with Crippen LogP contribution < -0.4 is 10.5 Å². The van der Waals surface area contributed by atoms with E-state index in [1.807, 2.05) is 26.0 Å². The third-order valence-corrected chi connectivity index (χ3v) is 7.46. The molecule has 2 atom stereocenters. The number of hydrogen-bond donors (Lipinski definition) is 3. The topological polar surface area (TPSA) is 92.8 Å². The number of carboxylic acids is 1. The van der Waals surface area contributed by atoms with Crippen LogP contribution in [0.4, 0.5) is 0 Å². The number of aryl methyl sites for hydroxylation is 3. The molecule has 1 heterocycles. The number of rotatable bonds is 5. The molecule has 2 aliphatic carbocycles. The van der Waals surface area contributed by atoms with Crippen molar-refractivity contribution in [3.63, 3.8) is 0 Å². The summed E-state index contributed by atoms with van der Waals surface area (Å²) in [5.41, 5.74) is 11.7. The van der Waals surface area contributed by atoms with Crippen LogP contribution in [-0.2, 0) is 13.0 Å². The Labute approximate surface area is 176 Å². The van der Waals surface area contributed by atoms with Crippen LogP contribution in [0.25, 0.3) is 0 Å². The Morgan fingerprint density at radius 1 is 1.28 bits per heavy atom. The van der Waals surface area contributed by atoms with Gasteiger partial charge in [-0.05, 0) is 72.3 Å². The number of ether oxygens (including phenoxy) is 1. The second-order valence-corrected chi connectivity index (χ2v) is 9.85. The second kappa shape index (κ2) is 8.09. The average Bonchev–Trinajstić information content (AvgIpc) is 2.99. The maximum Gasteiger partial charge on any atom is 0.346 e. The van der Waals surface area contributed by atoms with Gasteiger partial charge in [0.1, 0.15) is 17.2 Å². The average molecular weight is 418 g/mol. The summed E-state index contributed by atoms with van der Waals surface area (Å²) in [6, 6.07) is 4.03. The van der Waals surface area contributed by atoms with E-state index in [1.165, 1.54) is 21.8 Å². The number of hydrogen-bond acceptors (Lipinski definition) is 5. The molecule has 0 bridgehead atoms. The fourth-order valence-corrected chi connectivity index (χ4v) is 5.91. The first-order valence-corrected chi connectivity index (χ1v) is 10.8. The van der Waals surface area contributed by atoms with Crippen LogP contribution in [0.5, 0.6) is 5.75 Å². The molecule has 2 aliphatic rings. The van der Waals surface area contributed by atoms with Crippen molar-refractivity contribution in [3.8, 4) is 5.75 Å². The van der Waals surface area contributed by atoms with Gasteiger partial charge in [-0.3, -0.25) is 0 Å². The van der Waals surface area contributed by atoms with Crippen LogP contribution >= 0.6 is 11.3 Å². The monoisotopic (exact) mass is 417 g/mol. The molecule has 0 aliphatic heterocycles. The molecule has 0 saturated heterocycles. The molecule has 5 nitrogen and oxygen atoms in total. The van der Waals surface area contributed by atoms with Gasteiger partial charge in [0.25, 0.3) is 0 Å². The van der Waals surface area contributed by atoms with Gasteiger partial charge in [0.15, 0.2) is 0 Å². The summed E-state index contributed by atoms with van der Waals surface area (Å²) in [6.45, 7) is 11.5. The zero-order valence-electron chi connectivity index (χ0n) is 17.8. The van der Waals surface area contributed by atoms with Crippen LogP contribution in [0, 0.1) is 32.1 Å². The van der Waals surface area contributed by atoms with E-state index in [-0.39, 0.29) is 6.61 Å². The van der Waals surface area contributed by atoms with Gasteiger partial charge in [-0.25, -0.2) is 4.79 Å². The molecule has 6 heteroatoms. The number of aliphatic hydroxyl groups excluding tert-OH is 1. The number of aromatic carboxylic acids is 1. The van der Waals surface area contributed by atoms with E-state index >= 15 is 0 Å². The van der Waals surface area contributed by atoms with Gasteiger partial charge in [-0.15, -0.1) is 11.3 Å². The van der Waals surface area contributed by atoms with E-state index in [2.05, 4.69) is 20.8 Å². The summed E-state index contributed by atoms with van der Waals surface area (Å²) in [5.74, 6) is 1.45. The van der Waals surface area contributed by atoms with E-state index in [1.54, 1.807) is 0 Å².